The van der Waals surface area contributed by atoms with E-state index in [9.17, 15) is 0 Å². The molecule has 51 heavy (non-hydrogen) atoms. The monoisotopic (exact) mass is 669 g/mol. The molecule has 1 unspecified atom stereocenters. The van der Waals surface area contributed by atoms with Crippen LogP contribution in [-0.4, -0.2) is 15.0 Å². The summed E-state index contributed by atoms with van der Waals surface area (Å²) in [5.41, 5.74) is 11.6. The summed E-state index contributed by atoms with van der Waals surface area (Å²) in [5, 5.41) is 2.27. The molecule has 0 saturated heterocycles. The van der Waals surface area contributed by atoms with E-state index >= 15 is 0 Å². The van der Waals surface area contributed by atoms with Gasteiger partial charge in [-0.05, 0) is 57.6 Å². The number of hydrogen-bond acceptors (Lipinski definition) is 5. The van der Waals surface area contributed by atoms with Crippen molar-refractivity contribution in [3.05, 3.63) is 186 Å². The third-order valence-electron chi connectivity index (χ3n) is 10.4. The molecule has 1 atom stereocenters. The van der Waals surface area contributed by atoms with Crippen LogP contribution in [0.2, 0.25) is 0 Å². The highest BCUT2D eigenvalue weighted by Crippen LogP contribution is 2.63. The van der Waals surface area contributed by atoms with Crippen molar-refractivity contribution < 1.29 is 4.42 Å². The summed E-state index contributed by atoms with van der Waals surface area (Å²) in [6, 6.07) is 57.7. The largest absolute Gasteiger partial charge is 0.456 e. The summed E-state index contributed by atoms with van der Waals surface area (Å²) < 4.78 is 6.56. The maximum absolute atomic E-state index is 6.56. The van der Waals surface area contributed by atoms with Crippen molar-refractivity contribution in [2.75, 3.05) is 0 Å². The van der Waals surface area contributed by atoms with Crippen molar-refractivity contribution in [1.82, 2.24) is 15.0 Å². The minimum absolute atomic E-state index is 0.580. The number of benzene rings is 7. The molecular formula is C46H27N3OS. The number of rotatable bonds is 3. The summed E-state index contributed by atoms with van der Waals surface area (Å²) in [5.74, 6) is 1.95. The van der Waals surface area contributed by atoms with Gasteiger partial charge in [-0.15, -0.1) is 0 Å². The van der Waals surface area contributed by atoms with E-state index in [1.807, 2.05) is 42.5 Å². The van der Waals surface area contributed by atoms with Crippen LogP contribution in [-0.2, 0) is 5.41 Å². The molecule has 0 amide bonds. The van der Waals surface area contributed by atoms with Crippen LogP contribution >= 0.6 is 11.8 Å². The van der Waals surface area contributed by atoms with E-state index in [1.165, 1.54) is 38.3 Å². The minimum atomic E-state index is -0.580. The Hall–Kier alpha value is -6.30. The van der Waals surface area contributed by atoms with Crippen LogP contribution in [0.3, 0.4) is 0 Å². The minimum Gasteiger partial charge on any atom is -0.456 e. The Bertz CT molecular complexity index is 2790. The first kappa shape index (κ1) is 28.5. The van der Waals surface area contributed by atoms with Gasteiger partial charge in [-0.25, -0.2) is 15.0 Å². The van der Waals surface area contributed by atoms with Crippen molar-refractivity contribution in [2.24, 2.45) is 0 Å². The van der Waals surface area contributed by atoms with Gasteiger partial charge in [0, 0.05) is 37.3 Å². The first-order chi connectivity index (χ1) is 25.3. The van der Waals surface area contributed by atoms with Crippen molar-refractivity contribution in [1.29, 1.82) is 0 Å². The highest BCUT2D eigenvalue weighted by Gasteiger charge is 2.51. The molecule has 5 heteroatoms. The molecule has 1 aliphatic heterocycles. The first-order valence-electron chi connectivity index (χ1n) is 17.1. The van der Waals surface area contributed by atoms with Crippen LogP contribution in [0.5, 0.6) is 0 Å². The van der Waals surface area contributed by atoms with Crippen molar-refractivity contribution in [2.45, 2.75) is 15.2 Å². The second-order valence-electron chi connectivity index (χ2n) is 13.1. The van der Waals surface area contributed by atoms with Gasteiger partial charge in [-0.1, -0.05) is 151 Å². The fourth-order valence-electron chi connectivity index (χ4n) is 8.24. The molecule has 0 bridgehead atoms. The first-order valence-corrected chi connectivity index (χ1v) is 17.9. The molecule has 0 N–H and O–H groups in total. The van der Waals surface area contributed by atoms with E-state index in [1.54, 1.807) is 11.8 Å². The Morgan fingerprint density at radius 1 is 0.412 bits per heavy atom. The fourth-order valence-corrected chi connectivity index (χ4v) is 9.54. The molecule has 11 rings (SSSR count). The molecule has 9 aromatic rings. The van der Waals surface area contributed by atoms with E-state index in [-0.39, 0.29) is 0 Å². The molecule has 1 spiro atoms. The SMILES string of the molecule is c1ccc(-c2nc(-c3ccccc3)nc(-c3cccc4c3Sc3ccccc3C43c4ccccc4-c4cc5c(cc43)oc3ccccc35)n2)cc1. The lowest BCUT2D eigenvalue weighted by atomic mass is 9.67. The van der Waals surface area contributed by atoms with Gasteiger partial charge in [0.05, 0.1) is 5.41 Å². The van der Waals surface area contributed by atoms with E-state index < -0.39 is 5.41 Å². The Kier molecular flexibility index (Phi) is 6.07. The molecule has 7 aromatic carbocycles. The third-order valence-corrected chi connectivity index (χ3v) is 11.6. The van der Waals surface area contributed by atoms with E-state index in [2.05, 4.69) is 121 Å². The molecule has 0 radical (unpaired) electrons. The van der Waals surface area contributed by atoms with Crippen LogP contribution in [0.15, 0.2) is 178 Å². The smallest absolute Gasteiger partial charge is 0.165 e. The quantitative estimate of drug-likeness (QED) is 0.187. The Balaban J connectivity index is 1.22. The zero-order valence-electron chi connectivity index (χ0n) is 27.2. The topological polar surface area (TPSA) is 51.8 Å². The van der Waals surface area contributed by atoms with Crippen molar-refractivity contribution in [3.8, 4) is 45.3 Å². The van der Waals surface area contributed by atoms with Gasteiger partial charge < -0.3 is 4.42 Å². The zero-order chi connectivity index (χ0) is 33.5. The van der Waals surface area contributed by atoms with Crippen LogP contribution < -0.4 is 0 Å². The number of fused-ring (bicyclic) bond motifs is 12. The highest BCUT2D eigenvalue weighted by atomic mass is 32.2. The van der Waals surface area contributed by atoms with E-state index in [4.69, 9.17) is 19.4 Å². The number of para-hydroxylation sites is 1. The van der Waals surface area contributed by atoms with Crippen LogP contribution in [0, 0.1) is 0 Å². The number of nitrogens with zero attached hydrogens (tertiary/aromatic N) is 3. The average Bonchev–Trinajstić information content (AvgIpc) is 3.70. The average molecular weight is 670 g/mol. The molecule has 4 nitrogen and oxygen atoms in total. The number of furan rings is 1. The van der Waals surface area contributed by atoms with Gasteiger partial charge in [-0.2, -0.15) is 0 Å². The van der Waals surface area contributed by atoms with Crippen molar-refractivity contribution in [3.63, 3.8) is 0 Å². The van der Waals surface area contributed by atoms with Gasteiger partial charge in [0.15, 0.2) is 17.5 Å². The lowest BCUT2D eigenvalue weighted by Gasteiger charge is -2.40. The lowest BCUT2D eigenvalue weighted by molar-refractivity contribution is 0.664. The number of aromatic nitrogens is 3. The van der Waals surface area contributed by atoms with Gasteiger partial charge in [-0.3, -0.25) is 0 Å². The molecule has 238 valence electrons. The normalized spacial score (nSPS) is 15.5. The lowest BCUT2D eigenvalue weighted by Crippen LogP contribution is -2.32. The molecule has 2 aromatic heterocycles. The summed E-state index contributed by atoms with van der Waals surface area (Å²) in [4.78, 5) is 17.7. The zero-order valence-corrected chi connectivity index (χ0v) is 28.1. The van der Waals surface area contributed by atoms with Crippen LogP contribution in [0.1, 0.15) is 22.3 Å². The molecule has 3 heterocycles. The Morgan fingerprint density at radius 3 is 1.80 bits per heavy atom. The maximum Gasteiger partial charge on any atom is 0.165 e. The molecule has 0 saturated carbocycles. The standard InChI is InChI=1S/C46H27N3OS/c1-3-14-28(15-4-1)43-47-44(29-16-5-2-6-17-29)49-45(48-43)32-20-13-23-37-42(32)51-41-25-12-10-22-36(41)46(37)35-21-9-7-18-30(35)33-26-34-31-19-8-11-24-39(31)50-40(34)27-38(33)46/h1-27H. The summed E-state index contributed by atoms with van der Waals surface area (Å²) >= 11 is 1.80. The van der Waals surface area contributed by atoms with Crippen molar-refractivity contribution >= 4 is 33.7 Å². The summed E-state index contributed by atoms with van der Waals surface area (Å²) in [7, 11) is 0. The molecule has 0 fully saturated rings. The second kappa shape index (κ2) is 10.8. The third kappa shape index (κ3) is 4.07. The van der Waals surface area contributed by atoms with Gasteiger partial charge in [0.2, 0.25) is 0 Å². The van der Waals surface area contributed by atoms with Gasteiger partial charge in [0.1, 0.15) is 11.2 Å². The Labute approximate surface area is 298 Å². The summed E-state index contributed by atoms with van der Waals surface area (Å²) in [6.45, 7) is 0. The van der Waals surface area contributed by atoms with Crippen LogP contribution in [0.4, 0.5) is 0 Å². The predicted octanol–water partition coefficient (Wildman–Crippen LogP) is 11.6. The summed E-state index contributed by atoms with van der Waals surface area (Å²) in [6.07, 6.45) is 0. The number of hydrogen-bond donors (Lipinski definition) is 0. The van der Waals surface area contributed by atoms with Crippen LogP contribution in [0.25, 0.3) is 67.2 Å². The maximum atomic E-state index is 6.56. The fraction of sp³-hybridized carbons (Fsp3) is 0.0217. The van der Waals surface area contributed by atoms with E-state index in [0.29, 0.717) is 17.5 Å². The molecule has 2 aliphatic rings. The predicted molar refractivity (Wildman–Crippen MR) is 205 cm³/mol. The van der Waals surface area contributed by atoms with Gasteiger partial charge in [0.25, 0.3) is 0 Å². The molecular weight excluding hydrogens is 643 g/mol. The van der Waals surface area contributed by atoms with E-state index in [0.717, 1.165) is 43.5 Å². The molecule has 1 aliphatic carbocycles. The van der Waals surface area contributed by atoms with Gasteiger partial charge >= 0.3 is 0 Å². The highest BCUT2D eigenvalue weighted by molar-refractivity contribution is 7.99. The second-order valence-corrected chi connectivity index (χ2v) is 14.2. The Morgan fingerprint density at radius 2 is 1.02 bits per heavy atom.